The van der Waals surface area contributed by atoms with E-state index in [1.54, 1.807) is 0 Å². The number of amides is 1. The first-order valence-corrected chi connectivity index (χ1v) is 9.00. The van der Waals surface area contributed by atoms with E-state index in [4.69, 9.17) is 0 Å². The third-order valence-electron chi connectivity index (χ3n) is 4.07. The third-order valence-corrected chi connectivity index (χ3v) is 5.30. The van der Waals surface area contributed by atoms with Gasteiger partial charge in [-0.15, -0.1) is 0 Å². The van der Waals surface area contributed by atoms with Gasteiger partial charge in [0.1, 0.15) is 4.88 Å². The molecule has 0 saturated heterocycles. The predicted octanol–water partition coefficient (Wildman–Crippen LogP) is 4.71. The second kappa shape index (κ2) is 7.49. The van der Waals surface area contributed by atoms with Crippen molar-refractivity contribution in [3.8, 4) is 0 Å². The number of hydrogen-bond donors (Lipinski definition) is 1. The van der Waals surface area contributed by atoms with E-state index in [0.29, 0.717) is 4.88 Å². The van der Waals surface area contributed by atoms with Crippen LogP contribution in [0.2, 0.25) is 0 Å². The maximum absolute atomic E-state index is 12.7. The molecule has 1 aromatic heterocycles. The largest absolute Gasteiger partial charge is 0.345 e. The number of carbonyl (C=O) groups excluding carboxylic acids is 1. The van der Waals surface area contributed by atoms with Gasteiger partial charge in [-0.05, 0) is 31.5 Å². The predicted molar refractivity (Wildman–Crippen MR) is 104 cm³/mol. The van der Waals surface area contributed by atoms with Crippen LogP contribution in [0.4, 0.5) is 10.8 Å². The summed E-state index contributed by atoms with van der Waals surface area (Å²) >= 11 is 1.41. The minimum absolute atomic E-state index is 0.0505. The van der Waals surface area contributed by atoms with E-state index in [1.807, 2.05) is 86.5 Å². The Bertz CT molecular complexity index is 846. The van der Waals surface area contributed by atoms with Gasteiger partial charge >= 0.3 is 0 Å². The van der Waals surface area contributed by atoms with E-state index in [0.717, 1.165) is 22.1 Å². The van der Waals surface area contributed by atoms with E-state index in [9.17, 15) is 4.79 Å². The summed E-state index contributed by atoms with van der Waals surface area (Å²) in [7, 11) is 1.96. The van der Waals surface area contributed by atoms with E-state index >= 15 is 0 Å². The fraction of sp³-hybridized carbons (Fsp3) is 0.200. The normalized spacial score (nSPS) is 11.8. The molecule has 3 rings (SSSR count). The average molecular weight is 351 g/mol. The molecule has 0 fully saturated rings. The lowest BCUT2D eigenvalue weighted by Gasteiger charge is -2.15. The number of hydrogen-bond acceptors (Lipinski definition) is 4. The lowest BCUT2D eigenvalue weighted by atomic mass is 10.1. The van der Waals surface area contributed by atoms with Crippen molar-refractivity contribution in [3.05, 3.63) is 76.8 Å². The van der Waals surface area contributed by atoms with E-state index in [1.165, 1.54) is 11.3 Å². The van der Waals surface area contributed by atoms with Gasteiger partial charge in [-0.2, -0.15) is 0 Å². The number of anilines is 2. The highest BCUT2D eigenvalue weighted by molar-refractivity contribution is 7.17. The van der Waals surface area contributed by atoms with Crippen molar-refractivity contribution in [2.75, 3.05) is 11.9 Å². The minimum Gasteiger partial charge on any atom is -0.345 e. The highest BCUT2D eigenvalue weighted by atomic mass is 32.1. The topological polar surface area (TPSA) is 45.2 Å². The number of nitrogens with one attached hydrogen (secondary N) is 1. The number of aromatic nitrogens is 1. The molecule has 0 bridgehead atoms. The second-order valence-electron chi connectivity index (χ2n) is 5.91. The van der Waals surface area contributed by atoms with Crippen LogP contribution >= 0.6 is 11.3 Å². The summed E-state index contributed by atoms with van der Waals surface area (Å²) in [5.41, 5.74) is 2.88. The number of aryl methyl sites for hydroxylation is 1. The van der Waals surface area contributed by atoms with Crippen molar-refractivity contribution in [2.24, 2.45) is 0 Å². The monoisotopic (exact) mass is 351 g/mol. The standard InChI is InChI=1S/C20H21N3OS/c1-14(16-10-6-4-7-11-16)21-19(24)18-15(2)22-20(25-18)23(3)17-12-8-5-9-13-17/h4-14H,1-3H3,(H,21,24). The van der Waals surface area contributed by atoms with Crippen molar-refractivity contribution in [1.29, 1.82) is 0 Å². The molecular formula is C20H21N3OS. The molecule has 128 valence electrons. The summed E-state index contributed by atoms with van der Waals surface area (Å²) in [6.07, 6.45) is 0. The molecule has 0 aliphatic carbocycles. The number of thiazole rings is 1. The molecular weight excluding hydrogens is 330 g/mol. The van der Waals surface area contributed by atoms with Crippen LogP contribution in [0.25, 0.3) is 0 Å². The number of rotatable bonds is 5. The number of carbonyl (C=O) groups is 1. The Morgan fingerprint density at radius 1 is 1.08 bits per heavy atom. The van der Waals surface area contributed by atoms with Crippen molar-refractivity contribution in [2.45, 2.75) is 19.9 Å². The summed E-state index contributed by atoms with van der Waals surface area (Å²) in [4.78, 5) is 19.9. The highest BCUT2D eigenvalue weighted by Crippen LogP contribution is 2.30. The minimum atomic E-state index is -0.0842. The first kappa shape index (κ1) is 17.2. The van der Waals surface area contributed by atoms with E-state index in [2.05, 4.69) is 10.3 Å². The van der Waals surface area contributed by atoms with E-state index < -0.39 is 0 Å². The maximum atomic E-state index is 12.7. The SMILES string of the molecule is Cc1nc(N(C)c2ccccc2)sc1C(=O)NC(C)c1ccccc1. The highest BCUT2D eigenvalue weighted by Gasteiger charge is 2.19. The Kier molecular flexibility index (Phi) is 5.14. The van der Waals surface area contributed by atoms with Crippen molar-refractivity contribution in [3.63, 3.8) is 0 Å². The van der Waals surface area contributed by atoms with Gasteiger partial charge in [0.25, 0.3) is 5.91 Å². The molecule has 0 aliphatic rings. The molecule has 0 spiro atoms. The summed E-state index contributed by atoms with van der Waals surface area (Å²) in [6, 6.07) is 19.9. The zero-order valence-corrected chi connectivity index (χ0v) is 15.4. The van der Waals surface area contributed by atoms with Gasteiger partial charge in [0.15, 0.2) is 5.13 Å². The van der Waals surface area contributed by atoms with Gasteiger partial charge in [-0.3, -0.25) is 4.79 Å². The first-order chi connectivity index (χ1) is 12.1. The molecule has 3 aromatic rings. The van der Waals surface area contributed by atoms with Crippen LogP contribution in [-0.4, -0.2) is 17.9 Å². The number of para-hydroxylation sites is 1. The van der Waals surface area contributed by atoms with Crippen molar-refractivity contribution < 1.29 is 4.79 Å². The van der Waals surface area contributed by atoms with Crippen LogP contribution in [0.15, 0.2) is 60.7 Å². The molecule has 25 heavy (non-hydrogen) atoms. The van der Waals surface area contributed by atoms with Crippen LogP contribution in [0.5, 0.6) is 0 Å². The molecule has 0 saturated carbocycles. The van der Waals surface area contributed by atoms with Crippen LogP contribution in [-0.2, 0) is 0 Å². The zero-order chi connectivity index (χ0) is 17.8. The lowest BCUT2D eigenvalue weighted by molar-refractivity contribution is 0.0943. The average Bonchev–Trinajstić information content (AvgIpc) is 3.04. The Labute approximate surface area is 152 Å². The van der Waals surface area contributed by atoms with Gasteiger partial charge in [0.2, 0.25) is 0 Å². The number of benzene rings is 2. The molecule has 0 aliphatic heterocycles. The van der Waals surface area contributed by atoms with Gasteiger partial charge in [-0.1, -0.05) is 59.9 Å². The summed E-state index contributed by atoms with van der Waals surface area (Å²) < 4.78 is 0. The number of nitrogens with zero attached hydrogens (tertiary/aromatic N) is 2. The van der Waals surface area contributed by atoms with Crippen LogP contribution in [0.1, 0.15) is 33.9 Å². The van der Waals surface area contributed by atoms with Crippen molar-refractivity contribution >= 4 is 28.1 Å². The smallest absolute Gasteiger partial charge is 0.263 e. The molecule has 1 unspecified atom stereocenters. The molecule has 5 heteroatoms. The molecule has 1 atom stereocenters. The van der Waals surface area contributed by atoms with Crippen LogP contribution < -0.4 is 10.2 Å². The molecule has 4 nitrogen and oxygen atoms in total. The van der Waals surface area contributed by atoms with Gasteiger partial charge < -0.3 is 10.2 Å². The van der Waals surface area contributed by atoms with E-state index in [-0.39, 0.29) is 11.9 Å². The molecule has 1 heterocycles. The molecule has 1 amide bonds. The molecule has 1 N–H and O–H groups in total. The molecule has 2 aromatic carbocycles. The fourth-order valence-electron chi connectivity index (χ4n) is 2.59. The summed E-state index contributed by atoms with van der Waals surface area (Å²) in [5, 5.41) is 3.86. The Hall–Kier alpha value is -2.66. The third kappa shape index (κ3) is 3.88. The maximum Gasteiger partial charge on any atom is 0.263 e. The summed E-state index contributed by atoms with van der Waals surface area (Å²) in [6.45, 7) is 3.86. The van der Waals surface area contributed by atoms with Gasteiger partial charge in [0, 0.05) is 12.7 Å². The van der Waals surface area contributed by atoms with Gasteiger partial charge in [-0.25, -0.2) is 4.98 Å². The quantitative estimate of drug-likeness (QED) is 0.724. The van der Waals surface area contributed by atoms with Gasteiger partial charge in [0.05, 0.1) is 11.7 Å². The van der Waals surface area contributed by atoms with Crippen LogP contribution in [0, 0.1) is 6.92 Å². The van der Waals surface area contributed by atoms with Crippen LogP contribution in [0.3, 0.4) is 0 Å². The first-order valence-electron chi connectivity index (χ1n) is 8.18. The summed E-state index contributed by atoms with van der Waals surface area (Å²) in [5.74, 6) is -0.0842. The van der Waals surface area contributed by atoms with Crippen molar-refractivity contribution in [1.82, 2.24) is 10.3 Å². The molecule has 0 radical (unpaired) electrons. The Morgan fingerprint density at radius 3 is 2.32 bits per heavy atom. The Balaban J connectivity index is 1.77. The Morgan fingerprint density at radius 2 is 1.68 bits per heavy atom. The second-order valence-corrected chi connectivity index (χ2v) is 6.89. The zero-order valence-electron chi connectivity index (χ0n) is 14.6. The fourth-order valence-corrected chi connectivity index (χ4v) is 3.54. The lowest BCUT2D eigenvalue weighted by Crippen LogP contribution is -2.26.